The Hall–Kier alpha value is -1.92. The number of amides is 2. The fourth-order valence-electron chi connectivity index (χ4n) is 4.75. The molecule has 1 saturated heterocycles. The molecule has 0 aromatic rings. The number of rotatable bonds is 4. The number of hydrogen-bond donors (Lipinski definition) is 1. The van der Waals surface area contributed by atoms with Crippen molar-refractivity contribution in [3.05, 3.63) is 0 Å². The Labute approximate surface area is 153 Å². The van der Waals surface area contributed by atoms with Crippen LogP contribution in [0, 0.1) is 23.7 Å². The molecule has 7 heteroatoms. The zero-order chi connectivity index (χ0) is 18.8. The topological polar surface area (TPSA) is 95.0 Å². The van der Waals surface area contributed by atoms with Crippen molar-refractivity contribution in [1.29, 1.82) is 0 Å². The van der Waals surface area contributed by atoms with Crippen LogP contribution < -0.4 is 0 Å². The third-order valence-corrected chi connectivity index (χ3v) is 6.34. The Balaban J connectivity index is 1.51. The summed E-state index contributed by atoms with van der Waals surface area (Å²) < 4.78 is 0. The lowest BCUT2D eigenvalue weighted by molar-refractivity contribution is -0.148. The highest BCUT2D eigenvalue weighted by atomic mass is 16.4. The number of aliphatic carboxylic acids is 1. The van der Waals surface area contributed by atoms with Crippen molar-refractivity contribution in [1.82, 2.24) is 9.80 Å². The third-order valence-electron chi connectivity index (χ3n) is 6.34. The molecule has 2 amide bonds. The molecule has 3 fully saturated rings. The zero-order valence-electron chi connectivity index (χ0n) is 15.4. The van der Waals surface area contributed by atoms with Crippen LogP contribution in [0.4, 0.5) is 0 Å². The molecule has 26 heavy (non-hydrogen) atoms. The minimum atomic E-state index is -0.804. The summed E-state index contributed by atoms with van der Waals surface area (Å²) in [7, 11) is 1.65. The average Bonchev–Trinajstić information content (AvgIpc) is 2.60. The largest absolute Gasteiger partial charge is 0.481 e. The van der Waals surface area contributed by atoms with Crippen LogP contribution >= 0.6 is 0 Å². The van der Waals surface area contributed by atoms with Crippen molar-refractivity contribution in [2.75, 3.05) is 26.7 Å². The first-order valence-electron chi connectivity index (χ1n) is 9.66. The maximum atomic E-state index is 12.8. The first kappa shape index (κ1) is 18.9. The Bertz CT molecular complexity index is 581. The van der Waals surface area contributed by atoms with Crippen molar-refractivity contribution in [3.63, 3.8) is 0 Å². The van der Waals surface area contributed by atoms with Crippen LogP contribution in [0.25, 0.3) is 0 Å². The van der Waals surface area contributed by atoms with Gasteiger partial charge in [-0.25, -0.2) is 0 Å². The summed E-state index contributed by atoms with van der Waals surface area (Å²) in [6.45, 7) is 0.885. The van der Waals surface area contributed by atoms with Crippen LogP contribution in [0.15, 0.2) is 0 Å². The summed E-state index contributed by atoms with van der Waals surface area (Å²) in [5.74, 6) is -1.12. The number of piperidine rings is 1. The Kier molecular flexibility index (Phi) is 5.63. The van der Waals surface area contributed by atoms with E-state index < -0.39 is 5.97 Å². The van der Waals surface area contributed by atoms with Crippen molar-refractivity contribution in [3.8, 4) is 0 Å². The second kappa shape index (κ2) is 7.76. The lowest BCUT2D eigenvalue weighted by Crippen LogP contribution is -2.48. The second-order valence-electron chi connectivity index (χ2n) is 8.08. The second-order valence-corrected chi connectivity index (χ2v) is 8.08. The van der Waals surface area contributed by atoms with E-state index in [4.69, 9.17) is 5.11 Å². The van der Waals surface area contributed by atoms with Gasteiger partial charge in [0.05, 0.1) is 12.5 Å². The highest BCUT2D eigenvalue weighted by molar-refractivity contribution is 5.90. The molecule has 3 rings (SSSR count). The number of likely N-dealkylation sites (N-methyl/N-ethyl adjacent to an activating group) is 1. The molecule has 0 aromatic carbocycles. The number of hydrogen-bond acceptors (Lipinski definition) is 4. The van der Waals surface area contributed by atoms with E-state index in [1.165, 1.54) is 4.90 Å². The molecule has 0 radical (unpaired) electrons. The van der Waals surface area contributed by atoms with Crippen LogP contribution in [0.5, 0.6) is 0 Å². The molecule has 0 aromatic heterocycles. The van der Waals surface area contributed by atoms with E-state index in [0.29, 0.717) is 44.6 Å². The van der Waals surface area contributed by atoms with Gasteiger partial charge in [0.2, 0.25) is 11.8 Å². The Morgan fingerprint density at radius 3 is 2.15 bits per heavy atom. The van der Waals surface area contributed by atoms with Gasteiger partial charge in [-0.15, -0.1) is 0 Å². The SMILES string of the molecule is CN(CC(=O)N1CCC(C(=O)O)CC1)C(=O)C1CC2CCCC(C1)C2=O. The summed E-state index contributed by atoms with van der Waals surface area (Å²) in [5, 5.41) is 9.03. The van der Waals surface area contributed by atoms with E-state index in [2.05, 4.69) is 0 Å². The minimum Gasteiger partial charge on any atom is -0.481 e. The van der Waals surface area contributed by atoms with Gasteiger partial charge in [0.1, 0.15) is 5.78 Å². The van der Waals surface area contributed by atoms with Crippen molar-refractivity contribution >= 4 is 23.6 Å². The Morgan fingerprint density at radius 1 is 1.04 bits per heavy atom. The molecule has 1 heterocycles. The van der Waals surface area contributed by atoms with Gasteiger partial charge in [-0.2, -0.15) is 0 Å². The van der Waals surface area contributed by atoms with Crippen molar-refractivity contribution in [2.45, 2.75) is 44.9 Å². The summed E-state index contributed by atoms with van der Waals surface area (Å²) in [5.41, 5.74) is 0. The van der Waals surface area contributed by atoms with Crippen LogP contribution in [0.3, 0.4) is 0 Å². The first-order chi connectivity index (χ1) is 12.4. The van der Waals surface area contributed by atoms with Gasteiger partial charge in [-0.1, -0.05) is 6.42 Å². The first-order valence-corrected chi connectivity index (χ1v) is 9.66. The predicted molar refractivity (Wildman–Crippen MR) is 93.1 cm³/mol. The van der Waals surface area contributed by atoms with Gasteiger partial charge in [0.25, 0.3) is 0 Å². The van der Waals surface area contributed by atoms with Crippen LogP contribution in [0.1, 0.15) is 44.9 Å². The fraction of sp³-hybridized carbons (Fsp3) is 0.789. The normalized spacial score (nSPS) is 29.3. The van der Waals surface area contributed by atoms with Crippen molar-refractivity contribution < 1.29 is 24.3 Å². The molecule has 1 aliphatic heterocycles. The van der Waals surface area contributed by atoms with E-state index in [0.717, 1.165) is 19.3 Å². The number of carbonyl (C=O) groups excluding carboxylic acids is 3. The van der Waals surface area contributed by atoms with Crippen LogP contribution in [-0.4, -0.2) is 65.2 Å². The van der Waals surface area contributed by atoms with E-state index in [1.54, 1.807) is 11.9 Å². The molecule has 1 N–H and O–H groups in total. The lowest BCUT2D eigenvalue weighted by Gasteiger charge is -2.38. The maximum absolute atomic E-state index is 12.8. The molecule has 144 valence electrons. The van der Waals surface area contributed by atoms with Gasteiger partial charge in [0.15, 0.2) is 0 Å². The maximum Gasteiger partial charge on any atom is 0.306 e. The van der Waals surface area contributed by atoms with Crippen LogP contribution in [-0.2, 0) is 19.2 Å². The molecule has 2 saturated carbocycles. The number of nitrogens with zero attached hydrogens (tertiary/aromatic N) is 2. The Morgan fingerprint density at radius 2 is 1.62 bits per heavy atom. The molecular formula is C19H28N2O5. The number of fused-ring (bicyclic) bond motifs is 2. The van der Waals surface area contributed by atoms with Gasteiger partial charge in [0, 0.05) is 37.9 Å². The molecular weight excluding hydrogens is 336 g/mol. The molecule has 0 spiro atoms. The monoisotopic (exact) mass is 364 g/mol. The number of Topliss-reactive ketones (excluding diaryl/α,β-unsaturated/α-hetero) is 1. The van der Waals surface area contributed by atoms with E-state index in [-0.39, 0.29) is 42.0 Å². The standard InChI is InChI=1S/C19H28N2O5/c1-20(11-16(22)21-7-5-12(6-8-21)19(25)26)18(24)15-9-13-3-2-4-14(10-15)17(13)23/h12-15H,2-11H2,1H3,(H,25,26). The summed E-state index contributed by atoms with van der Waals surface area (Å²) >= 11 is 0. The molecule has 2 bridgehead atoms. The summed E-state index contributed by atoms with van der Waals surface area (Å²) in [6.07, 6.45) is 5.02. The highest BCUT2D eigenvalue weighted by Gasteiger charge is 2.42. The van der Waals surface area contributed by atoms with E-state index in [9.17, 15) is 19.2 Å². The minimum absolute atomic E-state index is 0.0237. The fourth-order valence-corrected chi connectivity index (χ4v) is 4.75. The molecule has 7 nitrogen and oxygen atoms in total. The van der Waals surface area contributed by atoms with E-state index in [1.807, 2.05) is 0 Å². The van der Waals surface area contributed by atoms with Gasteiger partial charge in [-0.3, -0.25) is 19.2 Å². The van der Waals surface area contributed by atoms with Gasteiger partial charge >= 0.3 is 5.97 Å². The number of likely N-dealkylation sites (tertiary alicyclic amines) is 1. The summed E-state index contributed by atoms with van der Waals surface area (Å²) in [4.78, 5) is 51.5. The van der Waals surface area contributed by atoms with Gasteiger partial charge < -0.3 is 14.9 Å². The predicted octanol–water partition coefficient (Wildman–Crippen LogP) is 1.16. The number of carboxylic acid groups (broad SMARTS) is 1. The zero-order valence-corrected chi connectivity index (χ0v) is 15.4. The van der Waals surface area contributed by atoms with Crippen LogP contribution in [0.2, 0.25) is 0 Å². The van der Waals surface area contributed by atoms with E-state index >= 15 is 0 Å². The molecule has 3 aliphatic rings. The summed E-state index contributed by atoms with van der Waals surface area (Å²) in [6, 6.07) is 0. The number of carboxylic acids is 1. The number of carbonyl (C=O) groups is 4. The molecule has 2 atom stereocenters. The molecule has 2 unspecified atom stereocenters. The van der Waals surface area contributed by atoms with Gasteiger partial charge in [-0.05, 0) is 38.5 Å². The highest BCUT2D eigenvalue weighted by Crippen LogP contribution is 2.40. The lowest BCUT2D eigenvalue weighted by atomic mass is 9.67. The van der Waals surface area contributed by atoms with Crippen molar-refractivity contribution in [2.24, 2.45) is 23.7 Å². The quantitative estimate of drug-likeness (QED) is 0.808. The number of ketones is 1. The smallest absolute Gasteiger partial charge is 0.306 e. The molecule has 2 aliphatic carbocycles. The third kappa shape index (κ3) is 3.91. The average molecular weight is 364 g/mol.